The van der Waals surface area contributed by atoms with Crippen LogP contribution in [-0.2, 0) is 0 Å². The van der Waals surface area contributed by atoms with Crippen molar-refractivity contribution in [3.05, 3.63) is 100 Å². The Labute approximate surface area is 201 Å². The van der Waals surface area contributed by atoms with E-state index in [2.05, 4.69) is 27.2 Å². The number of nitrogens with zero attached hydrogens (tertiary/aromatic N) is 4. The largest absolute Gasteiger partial charge is 0.381 e. The van der Waals surface area contributed by atoms with E-state index >= 15 is 0 Å². The van der Waals surface area contributed by atoms with Crippen LogP contribution >= 0.6 is 0 Å². The monoisotopic (exact) mass is 462 g/mol. The predicted octanol–water partition coefficient (Wildman–Crippen LogP) is 3.48. The maximum absolute atomic E-state index is 13.8. The molecule has 0 fully saturated rings. The Kier molecular flexibility index (Phi) is 5.51. The van der Waals surface area contributed by atoms with Crippen LogP contribution in [0.2, 0.25) is 0 Å². The molecule has 3 N–H and O–H groups in total. The smallest absolute Gasteiger partial charge is 0.264 e. The number of carbonyl (C=O) groups excluding carboxylic acids is 1. The molecule has 0 radical (unpaired) electrons. The first kappa shape index (κ1) is 21.9. The van der Waals surface area contributed by atoms with Crippen LogP contribution in [0.1, 0.15) is 41.5 Å². The van der Waals surface area contributed by atoms with Gasteiger partial charge in [-0.2, -0.15) is 0 Å². The van der Waals surface area contributed by atoms with Crippen LogP contribution in [0.4, 0.5) is 5.82 Å². The number of hydrogen-bond donors (Lipinski definition) is 2. The number of nitrogen functional groups attached to an aromatic ring is 1. The van der Waals surface area contributed by atoms with Crippen molar-refractivity contribution in [2.24, 2.45) is 0 Å². The van der Waals surface area contributed by atoms with Gasteiger partial charge in [0.25, 0.3) is 11.5 Å². The first-order chi connectivity index (χ1) is 17.0. The van der Waals surface area contributed by atoms with Crippen LogP contribution in [0, 0.1) is 11.8 Å². The average Bonchev–Trinajstić information content (AvgIpc) is 3.20. The lowest BCUT2D eigenvalue weighted by molar-refractivity contribution is 0.0941. The maximum Gasteiger partial charge on any atom is 0.264 e. The summed E-state index contributed by atoms with van der Waals surface area (Å²) in [6.45, 7) is 3.56. The Morgan fingerprint density at radius 1 is 1.11 bits per heavy atom. The summed E-state index contributed by atoms with van der Waals surface area (Å²) in [4.78, 5) is 31.3. The Morgan fingerprint density at radius 2 is 1.91 bits per heavy atom. The molecule has 0 aliphatic heterocycles. The summed E-state index contributed by atoms with van der Waals surface area (Å²) >= 11 is 0. The molecule has 8 nitrogen and oxygen atoms in total. The molecule has 5 aromatic rings. The fourth-order valence-electron chi connectivity index (χ4n) is 4.25. The molecule has 0 unspecified atom stereocenters. The SMILES string of the molecule is CC#Cc1cccc2cc([C@@H](C)NC(=O)c3c(N)nn4cccnc34)n(-c3ccccc3)c(=O)c12. The van der Waals surface area contributed by atoms with E-state index in [1.54, 1.807) is 30.0 Å². The standard InChI is InChI=1S/C27H22N6O2/c1-3-9-18-10-7-11-19-16-21(33(27(35)22(18)19)20-12-5-4-6-13-20)17(2)30-26(34)23-24(28)31-32-15-8-14-29-25(23)32/h4-8,10-17H,1-2H3,(H2,28,31)(H,30,34)/t17-/m1/s1. The van der Waals surface area contributed by atoms with Gasteiger partial charge in [0.15, 0.2) is 11.5 Å². The molecule has 3 aromatic heterocycles. The van der Waals surface area contributed by atoms with E-state index in [9.17, 15) is 9.59 Å². The third-order valence-electron chi connectivity index (χ3n) is 5.79. The summed E-state index contributed by atoms with van der Waals surface area (Å²) in [7, 11) is 0. The van der Waals surface area contributed by atoms with Crippen LogP contribution in [0.3, 0.4) is 0 Å². The van der Waals surface area contributed by atoms with Crippen molar-refractivity contribution in [3.63, 3.8) is 0 Å². The maximum atomic E-state index is 13.8. The van der Waals surface area contributed by atoms with E-state index in [0.29, 0.717) is 28.0 Å². The highest BCUT2D eigenvalue weighted by Gasteiger charge is 2.23. The minimum Gasteiger partial charge on any atom is -0.381 e. The fraction of sp³-hybridized carbons (Fsp3) is 0.111. The van der Waals surface area contributed by atoms with Gasteiger partial charge in [0, 0.05) is 29.3 Å². The van der Waals surface area contributed by atoms with Crippen molar-refractivity contribution in [3.8, 4) is 17.5 Å². The molecule has 35 heavy (non-hydrogen) atoms. The summed E-state index contributed by atoms with van der Waals surface area (Å²) in [6.07, 6.45) is 3.25. The van der Waals surface area contributed by atoms with Crippen molar-refractivity contribution in [2.45, 2.75) is 19.9 Å². The van der Waals surface area contributed by atoms with Crippen LogP contribution in [0.5, 0.6) is 0 Å². The second-order valence-electron chi connectivity index (χ2n) is 8.03. The van der Waals surface area contributed by atoms with Crippen LogP contribution in [0.25, 0.3) is 22.1 Å². The van der Waals surface area contributed by atoms with Gasteiger partial charge in [-0.3, -0.25) is 14.2 Å². The van der Waals surface area contributed by atoms with E-state index in [1.165, 1.54) is 4.52 Å². The van der Waals surface area contributed by atoms with Crippen LogP contribution in [0.15, 0.2) is 77.9 Å². The number of anilines is 1. The van der Waals surface area contributed by atoms with Crippen molar-refractivity contribution in [1.82, 2.24) is 24.5 Å². The number of nitrogens with two attached hydrogens (primary N) is 1. The molecule has 5 rings (SSSR count). The summed E-state index contributed by atoms with van der Waals surface area (Å²) in [5.74, 6) is 5.56. The molecule has 0 spiro atoms. The zero-order chi connectivity index (χ0) is 24.5. The first-order valence-electron chi connectivity index (χ1n) is 11.1. The van der Waals surface area contributed by atoms with Gasteiger partial charge in [-0.25, -0.2) is 9.50 Å². The van der Waals surface area contributed by atoms with Gasteiger partial charge in [0.1, 0.15) is 5.56 Å². The second kappa shape index (κ2) is 8.80. The summed E-state index contributed by atoms with van der Waals surface area (Å²) < 4.78 is 3.08. The number of rotatable bonds is 4. The minimum atomic E-state index is -0.543. The molecule has 0 saturated carbocycles. The molecule has 0 saturated heterocycles. The Hall–Kier alpha value is -4.90. The molecule has 172 valence electrons. The lowest BCUT2D eigenvalue weighted by Crippen LogP contribution is -2.32. The highest BCUT2D eigenvalue weighted by Crippen LogP contribution is 2.24. The lowest BCUT2D eigenvalue weighted by atomic mass is 10.0. The molecule has 8 heteroatoms. The van der Waals surface area contributed by atoms with E-state index < -0.39 is 11.9 Å². The normalized spacial score (nSPS) is 11.7. The van der Waals surface area contributed by atoms with Gasteiger partial charge in [-0.05, 0) is 49.6 Å². The molecule has 3 heterocycles. The number of aromatic nitrogens is 4. The van der Waals surface area contributed by atoms with Crippen LogP contribution < -0.4 is 16.6 Å². The number of nitrogens with one attached hydrogen (secondary N) is 1. The Balaban J connectivity index is 1.66. The Morgan fingerprint density at radius 3 is 2.69 bits per heavy atom. The average molecular weight is 463 g/mol. The summed E-state index contributed by atoms with van der Waals surface area (Å²) in [6, 6.07) is 18.0. The van der Waals surface area contributed by atoms with E-state index in [0.717, 1.165) is 5.39 Å². The number of carbonyl (C=O) groups is 1. The number of fused-ring (bicyclic) bond motifs is 2. The van der Waals surface area contributed by atoms with Gasteiger partial charge in [0.2, 0.25) is 0 Å². The molecule has 0 aliphatic rings. The van der Waals surface area contributed by atoms with Crippen molar-refractivity contribution in [1.29, 1.82) is 0 Å². The summed E-state index contributed by atoms with van der Waals surface area (Å²) in [5.41, 5.74) is 8.33. The van der Waals surface area contributed by atoms with Gasteiger partial charge in [-0.15, -0.1) is 11.0 Å². The zero-order valence-corrected chi connectivity index (χ0v) is 19.2. The second-order valence-corrected chi connectivity index (χ2v) is 8.03. The predicted molar refractivity (Wildman–Crippen MR) is 135 cm³/mol. The number of pyridine rings is 1. The lowest BCUT2D eigenvalue weighted by Gasteiger charge is -2.21. The molecule has 2 aromatic carbocycles. The molecule has 1 atom stereocenters. The van der Waals surface area contributed by atoms with Gasteiger partial charge in [-0.1, -0.05) is 36.3 Å². The topological polar surface area (TPSA) is 107 Å². The van der Waals surface area contributed by atoms with E-state index in [4.69, 9.17) is 5.73 Å². The first-order valence-corrected chi connectivity index (χ1v) is 11.1. The highest BCUT2D eigenvalue weighted by molar-refractivity contribution is 6.04. The molecular formula is C27H22N6O2. The number of hydrogen-bond acceptors (Lipinski definition) is 5. The fourth-order valence-corrected chi connectivity index (χ4v) is 4.25. The number of benzene rings is 2. The third kappa shape index (κ3) is 3.79. The zero-order valence-electron chi connectivity index (χ0n) is 19.2. The van der Waals surface area contributed by atoms with Crippen molar-refractivity contribution < 1.29 is 4.79 Å². The minimum absolute atomic E-state index is 0.0788. The van der Waals surface area contributed by atoms with Crippen molar-refractivity contribution >= 4 is 28.1 Å². The van der Waals surface area contributed by atoms with Gasteiger partial charge >= 0.3 is 0 Å². The summed E-state index contributed by atoms with van der Waals surface area (Å²) in [5, 5.41) is 8.42. The van der Waals surface area contributed by atoms with Gasteiger partial charge in [0.05, 0.1) is 11.4 Å². The van der Waals surface area contributed by atoms with E-state index in [1.807, 2.05) is 61.5 Å². The Bertz CT molecular complexity index is 1710. The molecule has 0 aliphatic carbocycles. The molecule has 0 bridgehead atoms. The quantitative estimate of drug-likeness (QED) is 0.398. The molecule has 1 amide bonds. The number of para-hydroxylation sites is 1. The van der Waals surface area contributed by atoms with Crippen molar-refractivity contribution in [2.75, 3.05) is 5.73 Å². The van der Waals surface area contributed by atoms with E-state index in [-0.39, 0.29) is 16.9 Å². The third-order valence-corrected chi connectivity index (χ3v) is 5.79. The molecular weight excluding hydrogens is 440 g/mol. The highest BCUT2D eigenvalue weighted by atomic mass is 16.2. The number of amides is 1. The van der Waals surface area contributed by atoms with Crippen LogP contribution in [-0.4, -0.2) is 25.1 Å². The van der Waals surface area contributed by atoms with Gasteiger partial charge < -0.3 is 11.1 Å².